The van der Waals surface area contributed by atoms with Crippen molar-refractivity contribution in [3.63, 3.8) is 0 Å². The number of hydrogen-bond donors (Lipinski definition) is 1. The van der Waals surface area contributed by atoms with Crippen molar-refractivity contribution in [1.82, 2.24) is 14.3 Å². The molecule has 2 aromatic heterocycles. The van der Waals surface area contributed by atoms with Gasteiger partial charge in [-0.05, 0) is 48.5 Å². The van der Waals surface area contributed by atoms with E-state index in [1.54, 1.807) is 0 Å². The van der Waals surface area contributed by atoms with E-state index >= 15 is 4.39 Å². The van der Waals surface area contributed by atoms with Gasteiger partial charge in [-0.25, -0.2) is 9.37 Å². The summed E-state index contributed by atoms with van der Waals surface area (Å²) in [6.45, 7) is -3.09. The molecule has 0 aliphatic heterocycles. The topological polar surface area (TPSA) is 87.4 Å². The molecular weight excluding hydrogens is 534 g/mol. The van der Waals surface area contributed by atoms with Crippen LogP contribution in [0.4, 0.5) is 32.0 Å². The van der Waals surface area contributed by atoms with E-state index in [0.717, 1.165) is 53.3 Å². The van der Waals surface area contributed by atoms with Gasteiger partial charge in [-0.2, -0.15) is 26.6 Å². The first-order valence-corrected chi connectivity index (χ1v) is 11.0. The number of alkyl halides is 5. The number of anilines is 1. The summed E-state index contributed by atoms with van der Waals surface area (Å²) in [6.07, 6.45) is -3.86. The summed E-state index contributed by atoms with van der Waals surface area (Å²) in [5, 5.41) is 2.31. The van der Waals surface area contributed by atoms with Gasteiger partial charge in [0.05, 0.1) is 12.8 Å². The number of carbonyl (C=O) groups excluding carboxylic acids is 1. The number of methoxy groups -OCH3 is 1. The smallest absolute Gasteiger partial charge is 0.420 e. The van der Waals surface area contributed by atoms with Crippen LogP contribution in [0.2, 0.25) is 0 Å². The van der Waals surface area contributed by atoms with Crippen molar-refractivity contribution < 1.29 is 40.6 Å². The molecule has 204 valence electrons. The first-order chi connectivity index (χ1) is 18.4. The van der Waals surface area contributed by atoms with E-state index in [-0.39, 0.29) is 28.3 Å². The number of benzene rings is 2. The van der Waals surface area contributed by atoms with E-state index in [1.165, 1.54) is 26.3 Å². The number of rotatable bonds is 7. The quantitative estimate of drug-likeness (QED) is 0.316. The molecule has 2 heterocycles. The molecule has 0 radical (unpaired) electrons. The number of ether oxygens (including phenoxy) is 2. The van der Waals surface area contributed by atoms with E-state index in [1.807, 2.05) is 0 Å². The summed E-state index contributed by atoms with van der Waals surface area (Å²) in [4.78, 5) is 30.2. The number of pyridine rings is 1. The zero-order valence-corrected chi connectivity index (χ0v) is 20.1. The fourth-order valence-corrected chi connectivity index (χ4v) is 3.84. The molecular formula is C25H18F6N4O4. The number of aromatic nitrogens is 3. The van der Waals surface area contributed by atoms with Gasteiger partial charge in [0.1, 0.15) is 28.6 Å². The predicted octanol–water partition coefficient (Wildman–Crippen LogP) is 5.26. The van der Waals surface area contributed by atoms with E-state index in [2.05, 4.69) is 15.0 Å². The normalized spacial score (nSPS) is 11.5. The van der Waals surface area contributed by atoms with Crippen LogP contribution in [0.5, 0.6) is 11.5 Å². The lowest BCUT2D eigenvalue weighted by Gasteiger charge is -2.15. The van der Waals surface area contributed by atoms with Crippen molar-refractivity contribution in [2.75, 3.05) is 12.4 Å². The molecule has 0 fully saturated rings. The maximum absolute atomic E-state index is 15.1. The molecule has 0 saturated carbocycles. The van der Waals surface area contributed by atoms with Crippen LogP contribution in [0, 0.1) is 5.82 Å². The first-order valence-electron chi connectivity index (χ1n) is 11.0. The lowest BCUT2D eigenvalue weighted by Crippen LogP contribution is -2.26. The van der Waals surface area contributed by atoms with Gasteiger partial charge in [-0.3, -0.25) is 14.3 Å². The average Bonchev–Trinajstić information content (AvgIpc) is 3.12. The summed E-state index contributed by atoms with van der Waals surface area (Å²) >= 11 is 0. The third kappa shape index (κ3) is 5.44. The minimum Gasteiger partial charge on any atom is -0.497 e. The molecule has 14 heteroatoms. The third-order valence-corrected chi connectivity index (χ3v) is 5.57. The highest BCUT2D eigenvalue weighted by molar-refractivity contribution is 6.06. The molecule has 0 saturated heterocycles. The molecule has 1 amide bonds. The molecule has 0 aliphatic carbocycles. The number of nitrogens with one attached hydrogen (secondary N) is 1. The molecule has 1 N–H and O–H groups in total. The number of hydrogen-bond acceptors (Lipinski definition) is 5. The Morgan fingerprint density at radius 2 is 1.72 bits per heavy atom. The molecule has 0 bridgehead atoms. The zero-order valence-electron chi connectivity index (χ0n) is 20.1. The second-order valence-electron chi connectivity index (χ2n) is 7.94. The highest BCUT2D eigenvalue weighted by atomic mass is 19.4. The Morgan fingerprint density at radius 3 is 2.31 bits per heavy atom. The maximum atomic E-state index is 15.1. The molecule has 4 aromatic rings. The van der Waals surface area contributed by atoms with Gasteiger partial charge in [0.25, 0.3) is 11.5 Å². The van der Waals surface area contributed by atoms with E-state index < -0.39 is 47.1 Å². The Kier molecular flexibility index (Phi) is 7.38. The van der Waals surface area contributed by atoms with Crippen molar-refractivity contribution in [3.8, 4) is 28.6 Å². The number of amides is 1. The zero-order chi connectivity index (χ0) is 28.5. The van der Waals surface area contributed by atoms with E-state index in [9.17, 15) is 31.5 Å². The highest BCUT2D eigenvalue weighted by Crippen LogP contribution is 2.35. The second kappa shape index (κ2) is 10.6. The van der Waals surface area contributed by atoms with E-state index in [4.69, 9.17) is 4.74 Å². The summed E-state index contributed by atoms with van der Waals surface area (Å²) in [7, 11) is 2.49. The lowest BCUT2D eigenvalue weighted by atomic mass is 10.1. The first kappa shape index (κ1) is 27.3. The Morgan fingerprint density at radius 1 is 1.05 bits per heavy atom. The standard InChI is InChI=1S/C25H18F6N4O4/c1-34-20(16-10-9-15(38-2)12-18(16)26)19(33-22(36)13-5-7-14(8-6-13)39-24(27)28)23(37)35(34)21-17(25(29,30)31)4-3-11-32-21/h3-12,24H,1-2H3,(H,33,36). The summed E-state index contributed by atoms with van der Waals surface area (Å²) in [5.41, 5.74) is -3.57. The summed E-state index contributed by atoms with van der Waals surface area (Å²) in [5.74, 6) is -2.74. The third-order valence-electron chi connectivity index (χ3n) is 5.57. The molecule has 4 rings (SSSR count). The Balaban J connectivity index is 1.89. The van der Waals surface area contributed by atoms with Crippen LogP contribution in [0.3, 0.4) is 0 Å². The van der Waals surface area contributed by atoms with Crippen molar-refractivity contribution in [2.24, 2.45) is 7.05 Å². The van der Waals surface area contributed by atoms with Gasteiger partial charge < -0.3 is 14.8 Å². The van der Waals surface area contributed by atoms with Crippen LogP contribution in [0.15, 0.2) is 65.6 Å². The van der Waals surface area contributed by atoms with Gasteiger partial charge in [-0.1, -0.05) is 0 Å². The van der Waals surface area contributed by atoms with Gasteiger partial charge >= 0.3 is 12.8 Å². The van der Waals surface area contributed by atoms with Crippen molar-refractivity contribution in [3.05, 3.63) is 88.1 Å². The molecule has 0 unspecified atom stereocenters. The number of nitrogens with zero attached hydrogens (tertiary/aromatic N) is 3. The highest BCUT2D eigenvalue weighted by Gasteiger charge is 2.36. The summed E-state index contributed by atoms with van der Waals surface area (Å²) < 4.78 is 91.9. The average molecular weight is 552 g/mol. The SMILES string of the molecule is COc1ccc(-c2c(NC(=O)c3ccc(OC(F)F)cc3)c(=O)n(-c3ncccc3C(F)(F)F)n2C)c(F)c1. The van der Waals surface area contributed by atoms with Crippen LogP contribution >= 0.6 is 0 Å². The van der Waals surface area contributed by atoms with Crippen molar-refractivity contribution in [1.29, 1.82) is 0 Å². The maximum Gasteiger partial charge on any atom is 0.420 e. The molecule has 0 aliphatic rings. The minimum atomic E-state index is -4.90. The van der Waals surface area contributed by atoms with E-state index in [0.29, 0.717) is 4.68 Å². The summed E-state index contributed by atoms with van der Waals surface area (Å²) in [6, 6.07) is 9.75. The molecule has 8 nitrogen and oxygen atoms in total. The fraction of sp³-hybridized carbons (Fsp3) is 0.160. The fourth-order valence-electron chi connectivity index (χ4n) is 3.84. The van der Waals surface area contributed by atoms with Crippen molar-refractivity contribution in [2.45, 2.75) is 12.8 Å². The largest absolute Gasteiger partial charge is 0.497 e. The Hall–Kier alpha value is -4.75. The van der Waals surface area contributed by atoms with Gasteiger partial charge in [-0.15, -0.1) is 0 Å². The Bertz CT molecular complexity index is 1580. The van der Waals surface area contributed by atoms with Crippen LogP contribution in [-0.2, 0) is 13.2 Å². The van der Waals surface area contributed by atoms with Crippen molar-refractivity contribution >= 4 is 11.6 Å². The lowest BCUT2D eigenvalue weighted by molar-refractivity contribution is -0.137. The monoisotopic (exact) mass is 552 g/mol. The molecule has 0 atom stereocenters. The second-order valence-corrected chi connectivity index (χ2v) is 7.94. The van der Waals surface area contributed by atoms with Crippen LogP contribution < -0.4 is 20.3 Å². The minimum absolute atomic E-state index is 0.110. The number of halogens is 6. The number of carbonyl (C=O) groups is 1. The van der Waals surface area contributed by atoms with Gasteiger partial charge in [0, 0.05) is 30.4 Å². The molecule has 2 aromatic carbocycles. The Labute approximate surface area is 216 Å². The van der Waals surface area contributed by atoms with Crippen LogP contribution in [-0.4, -0.2) is 34.0 Å². The van der Waals surface area contributed by atoms with Crippen LogP contribution in [0.1, 0.15) is 15.9 Å². The van der Waals surface area contributed by atoms with Gasteiger partial charge in [0.2, 0.25) is 0 Å². The molecule has 0 spiro atoms. The molecule has 39 heavy (non-hydrogen) atoms. The van der Waals surface area contributed by atoms with Gasteiger partial charge in [0.15, 0.2) is 5.82 Å². The predicted molar refractivity (Wildman–Crippen MR) is 127 cm³/mol. The van der Waals surface area contributed by atoms with Crippen LogP contribution in [0.25, 0.3) is 17.1 Å².